The van der Waals surface area contributed by atoms with E-state index in [-0.39, 0.29) is 0 Å². The largest absolute Gasteiger partial charge is 0.492 e. The molecule has 27 heavy (non-hydrogen) atoms. The van der Waals surface area contributed by atoms with Crippen molar-refractivity contribution in [3.8, 4) is 11.5 Å². The molecule has 2 aliphatic heterocycles. The maximum atomic E-state index is 6.06. The van der Waals surface area contributed by atoms with E-state index in [4.69, 9.17) is 9.47 Å². The van der Waals surface area contributed by atoms with Crippen LogP contribution in [0.4, 0.5) is 0 Å². The van der Waals surface area contributed by atoms with E-state index in [0.717, 1.165) is 31.1 Å². The average molecular weight is 401 g/mol. The highest BCUT2D eigenvalue weighted by molar-refractivity contribution is 8.07. The van der Waals surface area contributed by atoms with Crippen LogP contribution in [0, 0.1) is 27.7 Å². The van der Waals surface area contributed by atoms with Crippen molar-refractivity contribution in [3.63, 3.8) is 0 Å². The molecule has 4 rings (SSSR count). The number of benzene rings is 2. The van der Waals surface area contributed by atoms with Crippen LogP contribution in [-0.4, -0.2) is 35.2 Å². The quantitative estimate of drug-likeness (QED) is 0.545. The van der Waals surface area contributed by atoms with E-state index < -0.39 is 0 Å². The zero-order valence-corrected chi connectivity index (χ0v) is 18.3. The Morgan fingerprint density at radius 1 is 0.704 bits per heavy atom. The summed E-state index contributed by atoms with van der Waals surface area (Å²) >= 11 is 3.96. The summed E-state index contributed by atoms with van der Waals surface area (Å²) in [5, 5.41) is 1.40. The van der Waals surface area contributed by atoms with Crippen LogP contribution in [0.3, 0.4) is 0 Å². The minimum Gasteiger partial charge on any atom is -0.492 e. The van der Waals surface area contributed by atoms with Gasteiger partial charge < -0.3 is 9.47 Å². The number of rotatable bonds is 8. The molecule has 144 valence electrons. The lowest BCUT2D eigenvalue weighted by Crippen LogP contribution is -2.07. The van der Waals surface area contributed by atoms with Crippen LogP contribution in [-0.2, 0) is 6.42 Å². The van der Waals surface area contributed by atoms with Gasteiger partial charge in [0.1, 0.15) is 24.7 Å². The van der Waals surface area contributed by atoms with Crippen LogP contribution in [0.1, 0.15) is 33.4 Å². The molecule has 2 atom stereocenters. The van der Waals surface area contributed by atoms with Gasteiger partial charge in [-0.05, 0) is 67.5 Å². The normalized spacial score (nSPS) is 20.4. The second-order valence-electron chi connectivity index (χ2n) is 7.83. The molecule has 2 heterocycles. The molecule has 0 aliphatic carbocycles. The van der Waals surface area contributed by atoms with E-state index in [2.05, 4.69) is 52.0 Å². The standard InChI is InChI=1S/C23H28O2S2/c1-14-5-18(6-15(2)22(14)24-10-20-12-26-20)9-19-7-16(3)23(17(4)8-19)25-11-21-13-27-21/h5-8,20-21H,9-13H2,1-4H3. The molecule has 0 radical (unpaired) electrons. The van der Waals surface area contributed by atoms with Crippen LogP contribution in [0.25, 0.3) is 0 Å². The van der Waals surface area contributed by atoms with Gasteiger partial charge in [0.05, 0.1) is 0 Å². The molecular weight excluding hydrogens is 372 g/mol. The fraction of sp³-hybridized carbons (Fsp3) is 0.478. The SMILES string of the molecule is Cc1cc(Cc2cc(C)c(OCC3CS3)c(C)c2)cc(C)c1OCC1CS1. The third kappa shape index (κ3) is 4.97. The first kappa shape index (κ1) is 19.1. The summed E-state index contributed by atoms with van der Waals surface area (Å²) in [6.45, 7) is 10.3. The maximum absolute atomic E-state index is 6.06. The van der Waals surface area contributed by atoms with Gasteiger partial charge >= 0.3 is 0 Å². The molecule has 2 aromatic rings. The second-order valence-corrected chi connectivity index (χ2v) is 10.5. The van der Waals surface area contributed by atoms with E-state index in [9.17, 15) is 0 Å². The molecule has 0 amide bonds. The van der Waals surface area contributed by atoms with E-state index in [1.165, 1.54) is 44.9 Å². The summed E-state index contributed by atoms with van der Waals surface area (Å²) in [4.78, 5) is 0. The van der Waals surface area contributed by atoms with Crippen LogP contribution in [0.5, 0.6) is 11.5 Å². The van der Waals surface area contributed by atoms with E-state index in [0.29, 0.717) is 10.5 Å². The Morgan fingerprint density at radius 2 is 1.04 bits per heavy atom. The predicted octanol–water partition coefficient (Wildman–Crippen LogP) is 5.50. The molecule has 2 unspecified atom stereocenters. The smallest absolute Gasteiger partial charge is 0.125 e. The number of hydrogen-bond donors (Lipinski definition) is 0. The van der Waals surface area contributed by atoms with Crippen LogP contribution in [0.15, 0.2) is 24.3 Å². The third-order valence-corrected chi connectivity index (χ3v) is 6.96. The number of thioether (sulfide) groups is 2. The predicted molar refractivity (Wildman–Crippen MR) is 118 cm³/mol. The molecule has 0 saturated carbocycles. The second kappa shape index (κ2) is 8.00. The lowest BCUT2D eigenvalue weighted by atomic mass is 9.97. The lowest BCUT2D eigenvalue weighted by molar-refractivity contribution is 0.325. The van der Waals surface area contributed by atoms with E-state index in [1.807, 2.05) is 23.5 Å². The Kier molecular flexibility index (Phi) is 5.65. The summed E-state index contributed by atoms with van der Waals surface area (Å²) in [5.74, 6) is 4.63. The highest BCUT2D eigenvalue weighted by Crippen LogP contribution is 2.34. The molecule has 2 aliphatic rings. The molecule has 4 heteroatoms. The highest BCUT2D eigenvalue weighted by Gasteiger charge is 2.24. The molecule has 2 fully saturated rings. The average Bonchev–Trinajstić information content (AvgIpc) is 3.48. The Morgan fingerprint density at radius 3 is 1.33 bits per heavy atom. The molecule has 2 saturated heterocycles. The van der Waals surface area contributed by atoms with Crippen LogP contribution < -0.4 is 9.47 Å². The highest BCUT2D eigenvalue weighted by atomic mass is 32.2. The van der Waals surface area contributed by atoms with Crippen molar-refractivity contribution >= 4 is 23.5 Å². The van der Waals surface area contributed by atoms with Crippen molar-refractivity contribution in [2.24, 2.45) is 0 Å². The fourth-order valence-electron chi connectivity index (χ4n) is 3.66. The van der Waals surface area contributed by atoms with Gasteiger partial charge in [0, 0.05) is 22.0 Å². The number of aryl methyl sites for hydroxylation is 4. The van der Waals surface area contributed by atoms with Gasteiger partial charge in [-0.15, -0.1) is 0 Å². The van der Waals surface area contributed by atoms with Gasteiger partial charge in [0.25, 0.3) is 0 Å². The van der Waals surface area contributed by atoms with Gasteiger partial charge in [-0.1, -0.05) is 24.3 Å². The first-order chi connectivity index (χ1) is 13.0. The maximum Gasteiger partial charge on any atom is 0.125 e. The van der Waals surface area contributed by atoms with Crippen molar-refractivity contribution in [1.82, 2.24) is 0 Å². The zero-order valence-electron chi connectivity index (χ0n) is 16.6. The molecule has 0 spiro atoms. The minimum absolute atomic E-state index is 0.702. The van der Waals surface area contributed by atoms with Gasteiger partial charge in [-0.2, -0.15) is 23.5 Å². The number of ether oxygens (including phenoxy) is 2. The first-order valence-corrected chi connectivity index (χ1v) is 11.8. The molecular formula is C23H28O2S2. The molecule has 2 nitrogen and oxygen atoms in total. The molecule has 0 N–H and O–H groups in total. The van der Waals surface area contributed by atoms with Gasteiger partial charge in [0.15, 0.2) is 0 Å². The monoisotopic (exact) mass is 400 g/mol. The first-order valence-electron chi connectivity index (χ1n) is 9.68. The van der Waals surface area contributed by atoms with Gasteiger partial charge in [-0.3, -0.25) is 0 Å². The van der Waals surface area contributed by atoms with Crippen molar-refractivity contribution in [1.29, 1.82) is 0 Å². The molecule has 0 aromatic heterocycles. The summed E-state index contributed by atoms with van der Waals surface area (Å²) < 4.78 is 12.1. The molecule has 0 bridgehead atoms. The van der Waals surface area contributed by atoms with Crippen LogP contribution >= 0.6 is 23.5 Å². The lowest BCUT2D eigenvalue weighted by Gasteiger charge is -2.16. The van der Waals surface area contributed by atoms with Gasteiger partial charge in [0.2, 0.25) is 0 Å². The Hall–Kier alpha value is -1.26. The summed E-state index contributed by atoms with van der Waals surface area (Å²) in [7, 11) is 0. The summed E-state index contributed by atoms with van der Waals surface area (Å²) in [5.41, 5.74) is 7.66. The van der Waals surface area contributed by atoms with E-state index in [1.54, 1.807) is 0 Å². The Bertz CT molecular complexity index is 723. The van der Waals surface area contributed by atoms with Crippen molar-refractivity contribution in [3.05, 3.63) is 57.6 Å². The number of hydrogen-bond acceptors (Lipinski definition) is 4. The Labute approximate surface area is 171 Å². The van der Waals surface area contributed by atoms with Crippen molar-refractivity contribution < 1.29 is 9.47 Å². The summed E-state index contributed by atoms with van der Waals surface area (Å²) in [6, 6.07) is 9.12. The summed E-state index contributed by atoms with van der Waals surface area (Å²) in [6.07, 6.45) is 0.945. The fourth-order valence-corrected chi connectivity index (χ4v) is 4.45. The van der Waals surface area contributed by atoms with Crippen molar-refractivity contribution in [2.45, 2.75) is 44.6 Å². The minimum atomic E-state index is 0.702. The third-order valence-electron chi connectivity index (χ3n) is 5.08. The van der Waals surface area contributed by atoms with E-state index >= 15 is 0 Å². The van der Waals surface area contributed by atoms with Gasteiger partial charge in [-0.25, -0.2) is 0 Å². The zero-order chi connectivity index (χ0) is 19.0. The Balaban J connectivity index is 1.47. The van der Waals surface area contributed by atoms with Crippen LogP contribution in [0.2, 0.25) is 0 Å². The van der Waals surface area contributed by atoms with Crippen molar-refractivity contribution in [2.75, 3.05) is 24.7 Å². The topological polar surface area (TPSA) is 18.5 Å². The molecule has 2 aromatic carbocycles.